The van der Waals surface area contributed by atoms with Gasteiger partial charge in [-0.1, -0.05) is 91.0 Å². The summed E-state index contributed by atoms with van der Waals surface area (Å²) in [5, 5.41) is 10.1. The highest BCUT2D eigenvalue weighted by Gasteiger charge is 2.15. The van der Waals surface area contributed by atoms with E-state index < -0.39 is 0 Å². The number of hydrogen-bond acceptors (Lipinski definition) is 3. The fraction of sp³-hybridized carbons (Fsp3) is 0. The van der Waals surface area contributed by atoms with Gasteiger partial charge in [-0.3, -0.25) is 4.98 Å². The van der Waals surface area contributed by atoms with E-state index in [1.807, 2.05) is 23.7 Å². The van der Waals surface area contributed by atoms with E-state index in [-0.39, 0.29) is 0 Å². The normalized spacial score (nSPS) is 11.6. The molecule has 3 heteroatoms. The Morgan fingerprint density at radius 3 is 1.95 bits per heavy atom. The molecule has 2 aromatic heterocycles. The van der Waals surface area contributed by atoms with Gasteiger partial charge in [-0.15, -0.1) is 11.3 Å². The Balaban J connectivity index is 1.19. The lowest BCUT2D eigenvalue weighted by Crippen LogP contribution is -2.09. The van der Waals surface area contributed by atoms with Crippen molar-refractivity contribution in [1.29, 1.82) is 0 Å². The summed E-state index contributed by atoms with van der Waals surface area (Å²) in [6, 6.07) is 53.0. The van der Waals surface area contributed by atoms with E-state index in [0.717, 1.165) is 17.1 Å². The number of thiophene rings is 1. The van der Waals surface area contributed by atoms with Crippen molar-refractivity contribution in [3.05, 3.63) is 158 Å². The highest BCUT2D eigenvalue weighted by molar-refractivity contribution is 7.25. The van der Waals surface area contributed by atoms with Gasteiger partial charge in [0, 0.05) is 49.6 Å². The molecule has 0 aliphatic heterocycles. The summed E-state index contributed by atoms with van der Waals surface area (Å²) in [5.41, 5.74) is 5.79. The maximum Gasteiger partial charge on any atom is 0.0468 e. The Morgan fingerprint density at radius 1 is 0.432 bits per heavy atom. The SMILES string of the molecule is c1ccc(N(c2ccc(-c3ccc4sc5ccncc5c4c3)cc2)c2ccc3ccc4ccc5ccccc5c4c3c2)cc1. The van der Waals surface area contributed by atoms with Gasteiger partial charge < -0.3 is 4.90 Å². The van der Waals surface area contributed by atoms with Crippen LogP contribution in [0.3, 0.4) is 0 Å². The van der Waals surface area contributed by atoms with Crippen LogP contribution in [0, 0.1) is 0 Å². The Morgan fingerprint density at radius 2 is 1.09 bits per heavy atom. The molecule has 2 nitrogen and oxygen atoms in total. The Hall–Kier alpha value is -5.51. The molecule has 0 spiro atoms. The summed E-state index contributed by atoms with van der Waals surface area (Å²) >= 11 is 1.82. The van der Waals surface area contributed by atoms with Crippen molar-refractivity contribution in [2.24, 2.45) is 0 Å². The van der Waals surface area contributed by atoms with Gasteiger partial charge in [-0.2, -0.15) is 0 Å². The highest BCUT2D eigenvalue weighted by atomic mass is 32.1. The molecule has 9 aromatic rings. The zero-order valence-corrected chi connectivity index (χ0v) is 24.6. The van der Waals surface area contributed by atoms with Crippen molar-refractivity contribution < 1.29 is 0 Å². The molecule has 0 saturated heterocycles. The number of benzene rings is 7. The van der Waals surface area contributed by atoms with Gasteiger partial charge in [0.2, 0.25) is 0 Å². The maximum atomic E-state index is 4.38. The molecule has 0 aliphatic carbocycles. The molecule has 0 unspecified atom stereocenters. The molecular formula is C41H26N2S. The topological polar surface area (TPSA) is 16.1 Å². The zero-order chi connectivity index (χ0) is 29.0. The van der Waals surface area contributed by atoms with Gasteiger partial charge in [0.15, 0.2) is 0 Å². The molecule has 0 fully saturated rings. The van der Waals surface area contributed by atoms with Crippen LogP contribution in [0.1, 0.15) is 0 Å². The fourth-order valence-electron chi connectivity index (χ4n) is 6.58. The van der Waals surface area contributed by atoms with Crippen molar-refractivity contribution >= 4 is 80.9 Å². The van der Waals surface area contributed by atoms with Crippen molar-refractivity contribution in [2.45, 2.75) is 0 Å². The smallest absolute Gasteiger partial charge is 0.0468 e. The molecule has 44 heavy (non-hydrogen) atoms. The van der Waals surface area contributed by atoms with E-state index in [0.29, 0.717) is 0 Å². The van der Waals surface area contributed by atoms with Crippen LogP contribution >= 0.6 is 11.3 Å². The lowest BCUT2D eigenvalue weighted by Gasteiger charge is -2.26. The minimum absolute atomic E-state index is 1.12. The number of pyridine rings is 1. The summed E-state index contributed by atoms with van der Waals surface area (Å²) in [4.78, 5) is 6.73. The molecule has 0 N–H and O–H groups in total. The van der Waals surface area contributed by atoms with E-state index in [1.54, 1.807) is 0 Å². The second-order valence-electron chi connectivity index (χ2n) is 11.3. The minimum Gasteiger partial charge on any atom is -0.310 e. The monoisotopic (exact) mass is 578 g/mol. The first-order valence-electron chi connectivity index (χ1n) is 14.9. The highest BCUT2D eigenvalue weighted by Crippen LogP contribution is 2.40. The van der Waals surface area contributed by atoms with E-state index in [1.165, 1.54) is 63.6 Å². The van der Waals surface area contributed by atoms with Crippen LogP contribution in [0.15, 0.2) is 158 Å². The van der Waals surface area contributed by atoms with Crippen LogP contribution < -0.4 is 4.90 Å². The molecule has 0 radical (unpaired) electrons. The van der Waals surface area contributed by atoms with Gasteiger partial charge in [0.05, 0.1) is 0 Å². The predicted molar refractivity (Wildman–Crippen MR) is 190 cm³/mol. The Kier molecular flexibility index (Phi) is 5.71. The standard InChI is InChI=1S/C41H26N2S/c1-2-7-32(8-3-1)43(34-20-16-29-11-13-30-12-10-28-6-4-5-9-35(28)41(30)36(29)25-34)33-18-14-27(15-19-33)31-17-21-39-37(24-31)38-26-42-23-22-40(38)44-39/h1-26H. The third kappa shape index (κ3) is 4.05. The number of rotatable bonds is 4. The number of anilines is 3. The average molecular weight is 579 g/mol. The van der Waals surface area contributed by atoms with Gasteiger partial charge in [-0.25, -0.2) is 0 Å². The first-order valence-corrected chi connectivity index (χ1v) is 15.7. The molecule has 0 aliphatic rings. The van der Waals surface area contributed by atoms with E-state index in [4.69, 9.17) is 0 Å². The summed E-state index contributed by atoms with van der Waals surface area (Å²) < 4.78 is 2.57. The number of aromatic nitrogens is 1. The fourth-order valence-corrected chi connectivity index (χ4v) is 7.63. The van der Waals surface area contributed by atoms with Crippen LogP contribution in [-0.4, -0.2) is 4.98 Å². The minimum atomic E-state index is 1.12. The first-order chi connectivity index (χ1) is 21.8. The van der Waals surface area contributed by atoms with Gasteiger partial charge >= 0.3 is 0 Å². The number of para-hydroxylation sites is 1. The zero-order valence-electron chi connectivity index (χ0n) is 23.8. The average Bonchev–Trinajstić information content (AvgIpc) is 3.47. The number of hydrogen-bond donors (Lipinski definition) is 0. The van der Waals surface area contributed by atoms with Gasteiger partial charge in [-0.05, 0) is 98.0 Å². The molecule has 9 rings (SSSR count). The molecule has 0 amide bonds. The van der Waals surface area contributed by atoms with E-state index in [2.05, 4.69) is 155 Å². The van der Waals surface area contributed by atoms with Crippen molar-refractivity contribution in [1.82, 2.24) is 4.98 Å². The summed E-state index contributed by atoms with van der Waals surface area (Å²) in [7, 11) is 0. The molecular weight excluding hydrogens is 553 g/mol. The lowest BCUT2D eigenvalue weighted by atomic mass is 9.96. The number of nitrogens with zero attached hydrogens (tertiary/aromatic N) is 2. The van der Waals surface area contributed by atoms with Gasteiger partial charge in [0.25, 0.3) is 0 Å². The molecule has 2 heterocycles. The van der Waals surface area contributed by atoms with Crippen molar-refractivity contribution in [2.75, 3.05) is 4.90 Å². The molecule has 0 atom stereocenters. The molecule has 206 valence electrons. The molecule has 7 aromatic carbocycles. The summed E-state index contributed by atoms with van der Waals surface area (Å²) in [6.45, 7) is 0. The maximum absolute atomic E-state index is 4.38. The largest absolute Gasteiger partial charge is 0.310 e. The third-order valence-electron chi connectivity index (χ3n) is 8.71. The van der Waals surface area contributed by atoms with Crippen LogP contribution in [0.5, 0.6) is 0 Å². The summed E-state index contributed by atoms with van der Waals surface area (Å²) in [6.07, 6.45) is 3.85. The quantitative estimate of drug-likeness (QED) is 0.193. The van der Waals surface area contributed by atoms with Crippen LogP contribution in [0.4, 0.5) is 17.1 Å². The lowest BCUT2D eigenvalue weighted by molar-refractivity contribution is 1.29. The Bertz CT molecular complexity index is 2490. The second kappa shape index (κ2) is 10.0. The van der Waals surface area contributed by atoms with E-state index in [9.17, 15) is 0 Å². The van der Waals surface area contributed by atoms with Crippen LogP contribution in [0.25, 0.3) is 63.6 Å². The predicted octanol–water partition coefficient (Wildman–Crippen LogP) is 12.0. The van der Waals surface area contributed by atoms with E-state index >= 15 is 0 Å². The number of fused-ring (bicyclic) bond motifs is 8. The molecule has 0 saturated carbocycles. The Labute approximate surface area is 259 Å². The van der Waals surface area contributed by atoms with Crippen molar-refractivity contribution in [3.8, 4) is 11.1 Å². The second-order valence-corrected chi connectivity index (χ2v) is 12.3. The van der Waals surface area contributed by atoms with Crippen LogP contribution in [0.2, 0.25) is 0 Å². The first kappa shape index (κ1) is 25.0. The summed E-state index contributed by atoms with van der Waals surface area (Å²) in [5.74, 6) is 0. The van der Waals surface area contributed by atoms with Crippen LogP contribution in [-0.2, 0) is 0 Å². The van der Waals surface area contributed by atoms with Crippen molar-refractivity contribution in [3.63, 3.8) is 0 Å². The third-order valence-corrected chi connectivity index (χ3v) is 9.86. The molecule has 0 bridgehead atoms. The van der Waals surface area contributed by atoms with Gasteiger partial charge in [0.1, 0.15) is 0 Å².